The summed E-state index contributed by atoms with van der Waals surface area (Å²) in [5.41, 5.74) is -0.105. The maximum absolute atomic E-state index is 10.8. The molecule has 0 aromatic rings. The number of carbonyl (C=O) groups is 1. The zero-order valence-corrected chi connectivity index (χ0v) is 6.44. The van der Waals surface area contributed by atoms with Gasteiger partial charge in [0.05, 0.1) is 12.1 Å². The van der Waals surface area contributed by atoms with Crippen molar-refractivity contribution < 1.29 is 9.53 Å². The van der Waals surface area contributed by atoms with E-state index >= 15 is 0 Å². The third-order valence-electron chi connectivity index (χ3n) is 1.81. The molecule has 1 heterocycles. The van der Waals surface area contributed by atoms with Crippen LogP contribution in [0.15, 0.2) is 0 Å². The molecule has 1 aliphatic heterocycles. The van der Waals surface area contributed by atoms with Crippen LogP contribution >= 0.6 is 0 Å². The third kappa shape index (κ3) is 1.48. The molecule has 0 aliphatic carbocycles. The topological polar surface area (TPSA) is 38.3 Å². The molecule has 0 spiro atoms. The average Bonchev–Trinajstić information content (AvgIpc) is 2.12. The number of carbonyl (C=O) groups excluding carboxylic acids is 1. The number of rotatable bonds is 2. The van der Waals surface area contributed by atoms with Crippen LogP contribution in [0.25, 0.3) is 0 Å². The van der Waals surface area contributed by atoms with E-state index in [1.807, 2.05) is 6.92 Å². The van der Waals surface area contributed by atoms with Crippen molar-refractivity contribution in [2.45, 2.75) is 25.3 Å². The maximum Gasteiger partial charge on any atom is 0.220 e. The third-order valence-corrected chi connectivity index (χ3v) is 1.81. The van der Waals surface area contributed by atoms with Crippen molar-refractivity contribution in [3.8, 4) is 0 Å². The predicted molar refractivity (Wildman–Crippen MR) is 37.7 cm³/mol. The van der Waals surface area contributed by atoms with E-state index in [-0.39, 0.29) is 11.4 Å². The fourth-order valence-corrected chi connectivity index (χ4v) is 1.28. The Kier molecular flexibility index (Phi) is 1.94. The average molecular weight is 143 g/mol. The van der Waals surface area contributed by atoms with Crippen molar-refractivity contribution >= 4 is 5.91 Å². The largest absolute Gasteiger partial charge is 0.382 e. The molecule has 0 radical (unpaired) electrons. The molecule has 0 saturated carbocycles. The molecule has 0 aromatic heterocycles. The van der Waals surface area contributed by atoms with Crippen LogP contribution in [0.5, 0.6) is 0 Å². The molecule has 1 fully saturated rings. The molecule has 1 atom stereocenters. The molecule has 3 heteroatoms. The summed E-state index contributed by atoms with van der Waals surface area (Å²) >= 11 is 0. The lowest BCUT2D eigenvalue weighted by molar-refractivity contribution is -0.120. The Bertz CT molecular complexity index is 147. The van der Waals surface area contributed by atoms with Crippen molar-refractivity contribution in [2.75, 3.05) is 13.7 Å². The zero-order valence-electron chi connectivity index (χ0n) is 6.44. The first kappa shape index (κ1) is 7.54. The molecule has 1 rings (SSSR count). The highest BCUT2D eigenvalue weighted by Crippen LogP contribution is 2.18. The lowest BCUT2D eigenvalue weighted by atomic mass is 10.0. The molecule has 1 aliphatic rings. The summed E-state index contributed by atoms with van der Waals surface area (Å²) in [6, 6.07) is 0. The molecule has 10 heavy (non-hydrogen) atoms. The number of hydrogen-bond acceptors (Lipinski definition) is 2. The monoisotopic (exact) mass is 143 g/mol. The van der Waals surface area contributed by atoms with Gasteiger partial charge in [-0.2, -0.15) is 0 Å². The Morgan fingerprint density at radius 1 is 1.80 bits per heavy atom. The van der Waals surface area contributed by atoms with Crippen LogP contribution in [0.1, 0.15) is 19.8 Å². The van der Waals surface area contributed by atoms with Gasteiger partial charge < -0.3 is 10.1 Å². The Hall–Kier alpha value is -0.570. The molecule has 1 unspecified atom stereocenters. The van der Waals surface area contributed by atoms with Gasteiger partial charge in [0.1, 0.15) is 0 Å². The van der Waals surface area contributed by atoms with Crippen molar-refractivity contribution in [1.29, 1.82) is 0 Å². The van der Waals surface area contributed by atoms with Gasteiger partial charge in [-0.1, -0.05) is 0 Å². The van der Waals surface area contributed by atoms with Crippen LogP contribution in [0.3, 0.4) is 0 Å². The van der Waals surface area contributed by atoms with Crippen molar-refractivity contribution in [3.63, 3.8) is 0 Å². The lowest BCUT2D eigenvalue weighted by Gasteiger charge is -2.21. The van der Waals surface area contributed by atoms with E-state index in [1.165, 1.54) is 0 Å². The van der Waals surface area contributed by atoms with E-state index in [0.717, 1.165) is 6.42 Å². The van der Waals surface area contributed by atoms with Gasteiger partial charge in [-0.05, 0) is 13.3 Å². The number of hydrogen-bond donors (Lipinski definition) is 1. The van der Waals surface area contributed by atoms with Crippen molar-refractivity contribution in [3.05, 3.63) is 0 Å². The maximum atomic E-state index is 10.8. The molecule has 0 aromatic carbocycles. The van der Waals surface area contributed by atoms with E-state index < -0.39 is 0 Å². The summed E-state index contributed by atoms with van der Waals surface area (Å²) in [5.74, 6) is 0.138. The lowest BCUT2D eigenvalue weighted by Crippen LogP contribution is -2.42. The van der Waals surface area contributed by atoms with Gasteiger partial charge in [0.25, 0.3) is 0 Å². The van der Waals surface area contributed by atoms with E-state index in [1.54, 1.807) is 7.11 Å². The van der Waals surface area contributed by atoms with Gasteiger partial charge in [0.2, 0.25) is 5.91 Å². The molecule has 1 amide bonds. The summed E-state index contributed by atoms with van der Waals surface area (Å²) in [5, 5.41) is 2.87. The molecule has 1 saturated heterocycles. The van der Waals surface area contributed by atoms with Crippen LogP contribution < -0.4 is 5.32 Å². The smallest absolute Gasteiger partial charge is 0.220 e. The summed E-state index contributed by atoms with van der Waals surface area (Å²) in [4.78, 5) is 10.8. The second kappa shape index (κ2) is 2.58. The predicted octanol–water partition coefficient (Wildman–Crippen LogP) is 0.302. The number of amides is 1. The summed E-state index contributed by atoms with van der Waals surface area (Å²) in [6.07, 6.45) is 1.53. The highest BCUT2D eigenvalue weighted by Gasteiger charge is 2.32. The van der Waals surface area contributed by atoms with Crippen LogP contribution in [0.4, 0.5) is 0 Å². The van der Waals surface area contributed by atoms with Gasteiger partial charge in [-0.25, -0.2) is 0 Å². The van der Waals surface area contributed by atoms with E-state index in [2.05, 4.69) is 5.32 Å². The first-order chi connectivity index (χ1) is 4.66. The van der Waals surface area contributed by atoms with Gasteiger partial charge in [0, 0.05) is 13.5 Å². The number of nitrogens with one attached hydrogen (secondary N) is 1. The quantitative estimate of drug-likeness (QED) is 0.603. The fourth-order valence-electron chi connectivity index (χ4n) is 1.28. The second-order valence-corrected chi connectivity index (χ2v) is 3.04. The molecule has 0 bridgehead atoms. The number of methoxy groups -OCH3 is 1. The SMILES string of the molecule is COCC1(C)CCC(=O)N1. The Labute approximate surface area is 60.7 Å². The van der Waals surface area contributed by atoms with Gasteiger partial charge in [0.15, 0.2) is 0 Å². The number of ether oxygens (including phenoxy) is 1. The van der Waals surface area contributed by atoms with Crippen molar-refractivity contribution in [1.82, 2.24) is 5.32 Å². The van der Waals surface area contributed by atoms with Gasteiger partial charge in [-0.3, -0.25) is 4.79 Å². The Morgan fingerprint density at radius 2 is 2.50 bits per heavy atom. The minimum atomic E-state index is -0.105. The van der Waals surface area contributed by atoms with Crippen LogP contribution in [0, 0.1) is 0 Å². The van der Waals surface area contributed by atoms with E-state index in [4.69, 9.17) is 4.74 Å². The summed E-state index contributed by atoms with van der Waals surface area (Å²) in [7, 11) is 1.65. The van der Waals surface area contributed by atoms with E-state index in [9.17, 15) is 4.79 Å². The fraction of sp³-hybridized carbons (Fsp3) is 0.857. The highest BCUT2D eigenvalue weighted by molar-refractivity contribution is 5.79. The molecule has 3 nitrogen and oxygen atoms in total. The first-order valence-corrected chi connectivity index (χ1v) is 3.46. The molecular formula is C7H13NO2. The van der Waals surface area contributed by atoms with Gasteiger partial charge in [-0.15, -0.1) is 0 Å². The zero-order chi connectivity index (χ0) is 7.61. The van der Waals surface area contributed by atoms with Crippen LogP contribution in [-0.4, -0.2) is 25.2 Å². The van der Waals surface area contributed by atoms with Crippen LogP contribution in [-0.2, 0) is 9.53 Å². The standard InChI is InChI=1S/C7H13NO2/c1-7(5-10-2)4-3-6(9)8-7/h3-5H2,1-2H3,(H,8,9). The van der Waals surface area contributed by atoms with E-state index in [0.29, 0.717) is 13.0 Å². The normalized spacial score (nSPS) is 32.4. The minimum absolute atomic E-state index is 0.105. The highest BCUT2D eigenvalue weighted by atomic mass is 16.5. The second-order valence-electron chi connectivity index (χ2n) is 3.04. The Balaban J connectivity index is 2.46. The van der Waals surface area contributed by atoms with Crippen molar-refractivity contribution in [2.24, 2.45) is 0 Å². The molecule has 58 valence electrons. The minimum Gasteiger partial charge on any atom is -0.382 e. The Morgan fingerprint density at radius 3 is 2.90 bits per heavy atom. The molecular weight excluding hydrogens is 130 g/mol. The summed E-state index contributed by atoms with van der Waals surface area (Å²) in [6.45, 7) is 2.61. The summed E-state index contributed by atoms with van der Waals surface area (Å²) < 4.78 is 4.96. The van der Waals surface area contributed by atoms with Gasteiger partial charge >= 0.3 is 0 Å². The first-order valence-electron chi connectivity index (χ1n) is 3.46. The molecule has 1 N–H and O–H groups in total. The van der Waals surface area contributed by atoms with Crippen LogP contribution in [0.2, 0.25) is 0 Å².